The highest BCUT2D eigenvalue weighted by Gasteiger charge is 2.64. The number of nitrogens with one attached hydrogen (secondary N) is 1. The third-order valence-electron chi connectivity index (χ3n) is 9.86. The van der Waals surface area contributed by atoms with E-state index in [9.17, 15) is 9.59 Å². The predicted molar refractivity (Wildman–Crippen MR) is 118 cm³/mol. The number of ether oxygens (including phenoxy) is 1. The van der Waals surface area contributed by atoms with Crippen LogP contribution in [0.2, 0.25) is 0 Å². The minimum Gasteiger partial charge on any atom is -0.460 e. The van der Waals surface area contributed by atoms with Crippen molar-refractivity contribution < 1.29 is 14.3 Å². The van der Waals surface area contributed by atoms with Crippen LogP contribution in [0.5, 0.6) is 0 Å². The summed E-state index contributed by atoms with van der Waals surface area (Å²) >= 11 is 0. The average Bonchev–Trinajstić information content (AvgIpc) is 2.56. The van der Waals surface area contributed by atoms with E-state index in [1.165, 1.54) is 12.8 Å². The number of carbonyl (C=O) groups is 2. The molecule has 8 aliphatic rings. The molecule has 0 spiro atoms. The van der Waals surface area contributed by atoms with Gasteiger partial charge in [-0.15, -0.1) is 0 Å². The van der Waals surface area contributed by atoms with Gasteiger partial charge in [0, 0.05) is 11.1 Å². The van der Waals surface area contributed by atoms with Crippen LogP contribution in [-0.2, 0) is 14.3 Å². The Bertz CT molecular complexity index is 799. The van der Waals surface area contributed by atoms with Crippen molar-refractivity contribution in [1.82, 2.24) is 5.32 Å². The molecule has 8 bridgehead atoms. The SMILES string of the molecule is CC(C)(C)OC(=O)C12C[C@@H]3C[C@@H](CC(NC(=O)C45C[C@@H]6C[C@@H](CC(N)(C6)C4)C5)(C3)C1)C2. The lowest BCUT2D eigenvalue weighted by Gasteiger charge is -2.63. The van der Waals surface area contributed by atoms with Crippen molar-refractivity contribution in [3.8, 4) is 0 Å². The van der Waals surface area contributed by atoms with Crippen LogP contribution in [0.15, 0.2) is 0 Å². The van der Waals surface area contributed by atoms with Crippen molar-refractivity contribution in [2.24, 2.45) is 40.2 Å². The first-order valence-electron chi connectivity index (χ1n) is 12.7. The summed E-state index contributed by atoms with van der Waals surface area (Å²) in [4.78, 5) is 27.3. The van der Waals surface area contributed by atoms with E-state index in [1.54, 1.807) is 0 Å². The highest BCUT2D eigenvalue weighted by atomic mass is 16.6. The number of carbonyl (C=O) groups excluding carboxylic acids is 2. The summed E-state index contributed by atoms with van der Waals surface area (Å²) in [6.07, 6.45) is 12.3. The Morgan fingerprint density at radius 2 is 1.32 bits per heavy atom. The van der Waals surface area contributed by atoms with Gasteiger partial charge in [-0.25, -0.2) is 0 Å². The molecule has 8 aliphatic carbocycles. The van der Waals surface area contributed by atoms with E-state index in [4.69, 9.17) is 10.5 Å². The van der Waals surface area contributed by atoms with E-state index in [2.05, 4.69) is 5.32 Å². The molecule has 5 nitrogen and oxygen atoms in total. The van der Waals surface area contributed by atoms with E-state index < -0.39 is 11.0 Å². The van der Waals surface area contributed by atoms with E-state index in [1.807, 2.05) is 20.8 Å². The molecule has 0 aromatic rings. The molecule has 0 radical (unpaired) electrons. The molecule has 172 valence electrons. The normalized spacial score (nSPS) is 51.7. The number of hydrogen-bond donors (Lipinski definition) is 2. The van der Waals surface area contributed by atoms with Crippen LogP contribution >= 0.6 is 0 Å². The largest absolute Gasteiger partial charge is 0.460 e. The van der Waals surface area contributed by atoms with Crippen LogP contribution in [0.3, 0.4) is 0 Å². The predicted octanol–water partition coefficient (Wildman–Crippen LogP) is 4.08. The zero-order valence-electron chi connectivity index (χ0n) is 19.6. The summed E-state index contributed by atoms with van der Waals surface area (Å²) in [6, 6.07) is 0. The number of nitrogens with two attached hydrogens (primary N) is 1. The second kappa shape index (κ2) is 6.07. The van der Waals surface area contributed by atoms with Crippen molar-refractivity contribution in [2.45, 2.75) is 114 Å². The van der Waals surface area contributed by atoms with Gasteiger partial charge in [0.05, 0.1) is 10.8 Å². The Hall–Kier alpha value is -1.10. The van der Waals surface area contributed by atoms with Gasteiger partial charge in [0.15, 0.2) is 0 Å². The molecule has 31 heavy (non-hydrogen) atoms. The Morgan fingerprint density at radius 3 is 1.84 bits per heavy atom. The monoisotopic (exact) mass is 428 g/mol. The highest BCUT2D eigenvalue weighted by Crippen LogP contribution is 2.64. The molecule has 5 heteroatoms. The number of hydrogen-bond acceptors (Lipinski definition) is 4. The molecule has 0 saturated heterocycles. The highest BCUT2D eigenvalue weighted by molar-refractivity contribution is 5.85. The standard InChI is InChI=1S/C26H40N2O3/c1-22(2,3)31-21(30)24-8-18-5-19(9-24)13-26(12-18,15-24)28-20(29)23-6-16-4-17(7-23)11-25(27,10-16)14-23/h16-19H,4-15,27H2,1-3H3,(H,28,29)/t16-,17+,18-,19+,23?,24?,25?,26?. The van der Waals surface area contributed by atoms with Gasteiger partial charge >= 0.3 is 5.97 Å². The summed E-state index contributed by atoms with van der Waals surface area (Å²) in [5.74, 6) is 2.56. The van der Waals surface area contributed by atoms with E-state index >= 15 is 0 Å². The molecule has 3 N–H and O–H groups in total. The molecule has 8 atom stereocenters. The van der Waals surface area contributed by atoms with Crippen LogP contribution in [0.1, 0.15) is 97.8 Å². The van der Waals surface area contributed by atoms with Gasteiger partial charge in [-0.2, -0.15) is 0 Å². The minimum atomic E-state index is -0.467. The Balaban J connectivity index is 1.26. The van der Waals surface area contributed by atoms with E-state index in [0.717, 1.165) is 64.2 Å². The average molecular weight is 429 g/mol. The maximum absolute atomic E-state index is 13.9. The van der Waals surface area contributed by atoms with Gasteiger partial charge in [0.2, 0.25) is 5.91 Å². The number of esters is 1. The molecule has 1 amide bonds. The van der Waals surface area contributed by atoms with Crippen molar-refractivity contribution in [1.29, 1.82) is 0 Å². The molecule has 0 aliphatic heterocycles. The van der Waals surface area contributed by atoms with Crippen molar-refractivity contribution in [3.63, 3.8) is 0 Å². The van der Waals surface area contributed by atoms with Gasteiger partial charge in [0.1, 0.15) is 5.60 Å². The third-order valence-corrected chi connectivity index (χ3v) is 9.86. The first-order valence-corrected chi connectivity index (χ1v) is 12.7. The van der Waals surface area contributed by atoms with Gasteiger partial charge < -0.3 is 15.8 Å². The fourth-order valence-electron chi connectivity index (χ4n) is 10.0. The van der Waals surface area contributed by atoms with E-state index in [-0.39, 0.29) is 28.4 Å². The molecular weight excluding hydrogens is 388 g/mol. The third kappa shape index (κ3) is 3.20. The lowest BCUT2D eigenvalue weighted by Crippen LogP contribution is -2.69. The van der Waals surface area contributed by atoms with Crippen LogP contribution in [-0.4, -0.2) is 28.6 Å². The van der Waals surface area contributed by atoms with E-state index in [0.29, 0.717) is 23.7 Å². The molecule has 8 rings (SSSR count). The maximum atomic E-state index is 13.9. The molecular formula is C26H40N2O3. The Kier molecular flexibility index (Phi) is 4.01. The minimum absolute atomic E-state index is 0.0246. The zero-order chi connectivity index (χ0) is 21.9. The van der Waals surface area contributed by atoms with Crippen LogP contribution in [0.25, 0.3) is 0 Å². The lowest BCUT2D eigenvalue weighted by molar-refractivity contribution is -0.188. The van der Waals surface area contributed by atoms with Crippen LogP contribution in [0, 0.1) is 34.5 Å². The molecule has 8 saturated carbocycles. The lowest BCUT2D eigenvalue weighted by atomic mass is 9.45. The smallest absolute Gasteiger partial charge is 0.312 e. The first-order chi connectivity index (χ1) is 14.4. The molecule has 0 aromatic heterocycles. The molecule has 0 aromatic carbocycles. The summed E-state index contributed by atoms with van der Waals surface area (Å²) in [5, 5.41) is 3.64. The number of amides is 1. The van der Waals surface area contributed by atoms with Gasteiger partial charge in [0.25, 0.3) is 0 Å². The Morgan fingerprint density at radius 1 is 0.806 bits per heavy atom. The second-order valence-corrected chi connectivity index (χ2v) is 14.1. The second-order valence-electron chi connectivity index (χ2n) is 14.1. The van der Waals surface area contributed by atoms with Crippen LogP contribution in [0.4, 0.5) is 0 Å². The maximum Gasteiger partial charge on any atom is 0.312 e. The molecule has 4 unspecified atom stereocenters. The Labute approximate surface area is 186 Å². The van der Waals surface area contributed by atoms with Crippen LogP contribution < -0.4 is 11.1 Å². The molecule has 0 heterocycles. The molecule has 8 fully saturated rings. The fraction of sp³-hybridized carbons (Fsp3) is 0.923. The quantitative estimate of drug-likeness (QED) is 0.664. The summed E-state index contributed by atoms with van der Waals surface area (Å²) < 4.78 is 5.92. The van der Waals surface area contributed by atoms with Crippen molar-refractivity contribution >= 4 is 11.9 Å². The van der Waals surface area contributed by atoms with Gasteiger partial charge in [-0.05, 0) is 121 Å². The summed E-state index contributed by atoms with van der Waals surface area (Å²) in [7, 11) is 0. The van der Waals surface area contributed by atoms with Gasteiger partial charge in [-0.1, -0.05) is 0 Å². The van der Waals surface area contributed by atoms with Crippen molar-refractivity contribution in [3.05, 3.63) is 0 Å². The fourth-order valence-corrected chi connectivity index (χ4v) is 10.0. The summed E-state index contributed by atoms with van der Waals surface area (Å²) in [6.45, 7) is 5.87. The van der Waals surface area contributed by atoms with Gasteiger partial charge in [-0.3, -0.25) is 9.59 Å². The summed E-state index contributed by atoms with van der Waals surface area (Å²) in [5.41, 5.74) is 5.31. The van der Waals surface area contributed by atoms with Crippen molar-refractivity contribution in [2.75, 3.05) is 0 Å². The topological polar surface area (TPSA) is 81.4 Å². The first kappa shape index (κ1) is 20.5. The zero-order valence-corrected chi connectivity index (χ0v) is 19.6. The number of rotatable bonds is 3.